The van der Waals surface area contributed by atoms with E-state index in [0.29, 0.717) is 13.2 Å². The molecule has 0 radical (unpaired) electrons. The van der Waals surface area contributed by atoms with Crippen LogP contribution >= 0.6 is 0 Å². The van der Waals surface area contributed by atoms with Crippen molar-refractivity contribution in [3.8, 4) is 0 Å². The quantitative estimate of drug-likeness (QED) is 0.534. The fourth-order valence-corrected chi connectivity index (χ4v) is 1.76. The Balaban J connectivity index is 1.95. The third-order valence-electron chi connectivity index (χ3n) is 2.30. The molecular formula is C8H12O4. The summed E-state index contributed by atoms with van der Waals surface area (Å²) in [4.78, 5) is 10.7. The first-order valence-electron chi connectivity index (χ1n) is 4.18. The van der Waals surface area contributed by atoms with Gasteiger partial charge in [0.2, 0.25) is 0 Å². The molecule has 12 heavy (non-hydrogen) atoms. The highest BCUT2D eigenvalue weighted by Gasteiger charge is 2.43. The molecule has 0 saturated carbocycles. The molecule has 1 unspecified atom stereocenters. The Hall–Kier alpha value is -0.610. The van der Waals surface area contributed by atoms with Gasteiger partial charge in [-0.2, -0.15) is 0 Å². The van der Waals surface area contributed by atoms with Crippen molar-refractivity contribution in [3.05, 3.63) is 0 Å². The summed E-state index contributed by atoms with van der Waals surface area (Å²) >= 11 is 0. The van der Waals surface area contributed by atoms with Gasteiger partial charge in [-0.3, -0.25) is 4.79 Å². The third-order valence-corrected chi connectivity index (χ3v) is 2.30. The molecule has 2 aliphatic rings. The molecule has 2 rings (SSSR count). The number of carbonyl (C=O) groups excluding carboxylic acids is 1. The maximum atomic E-state index is 10.7. The van der Waals surface area contributed by atoms with Gasteiger partial charge in [0, 0.05) is 6.92 Å². The smallest absolute Gasteiger partial charge is 0.302 e. The largest absolute Gasteiger partial charge is 0.460 e. The molecule has 2 fully saturated rings. The van der Waals surface area contributed by atoms with E-state index in [9.17, 15) is 4.79 Å². The Morgan fingerprint density at radius 1 is 1.50 bits per heavy atom. The molecule has 0 amide bonds. The maximum absolute atomic E-state index is 10.7. The molecule has 0 aromatic rings. The summed E-state index contributed by atoms with van der Waals surface area (Å²) in [5, 5.41) is 0. The molecule has 3 atom stereocenters. The lowest BCUT2D eigenvalue weighted by atomic mass is 10.0. The summed E-state index contributed by atoms with van der Waals surface area (Å²) in [5.74, 6) is 0.0186. The summed E-state index contributed by atoms with van der Waals surface area (Å²) in [6.45, 7) is 2.62. The zero-order valence-electron chi connectivity index (χ0n) is 6.99. The maximum Gasteiger partial charge on any atom is 0.302 e. The van der Waals surface area contributed by atoms with Crippen LogP contribution in [0, 0.1) is 5.92 Å². The van der Waals surface area contributed by atoms with Crippen molar-refractivity contribution in [3.63, 3.8) is 0 Å². The summed E-state index contributed by atoms with van der Waals surface area (Å²) in [6.07, 6.45) is 0.715. The predicted octanol–water partition coefficient (Wildman–Crippen LogP) is 0.311. The van der Waals surface area contributed by atoms with E-state index in [-0.39, 0.29) is 24.3 Å². The van der Waals surface area contributed by atoms with E-state index in [0.717, 1.165) is 6.42 Å². The van der Waals surface area contributed by atoms with Gasteiger partial charge in [0.25, 0.3) is 0 Å². The van der Waals surface area contributed by atoms with Crippen LogP contribution in [0.3, 0.4) is 0 Å². The van der Waals surface area contributed by atoms with Crippen molar-refractivity contribution in [1.82, 2.24) is 0 Å². The molecule has 0 spiro atoms. The Labute approximate surface area is 70.8 Å². The lowest BCUT2D eigenvalue weighted by molar-refractivity contribution is -0.147. The van der Waals surface area contributed by atoms with E-state index >= 15 is 0 Å². The fourth-order valence-electron chi connectivity index (χ4n) is 1.76. The average Bonchev–Trinajstić information content (AvgIpc) is 2.52. The monoisotopic (exact) mass is 172 g/mol. The fraction of sp³-hybridized carbons (Fsp3) is 0.875. The van der Waals surface area contributed by atoms with Crippen molar-refractivity contribution >= 4 is 5.97 Å². The topological polar surface area (TPSA) is 44.8 Å². The van der Waals surface area contributed by atoms with Crippen LogP contribution in [-0.2, 0) is 19.0 Å². The number of hydrogen-bond donors (Lipinski definition) is 0. The highest BCUT2D eigenvalue weighted by atomic mass is 16.7. The molecule has 0 aromatic carbocycles. The van der Waals surface area contributed by atoms with Gasteiger partial charge in [-0.05, 0) is 6.42 Å². The van der Waals surface area contributed by atoms with Crippen LogP contribution < -0.4 is 0 Å². The van der Waals surface area contributed by atoms with Crippen LogP contribution in [0.15, 0.2) is 0 Å². The molecule has 4 nitrogen and oxygen atoms in total. The zero-order valence-corrected chi connectivity index (χ0v) is 6.99. The van der Waals surface area contributed by atoms with Gasteiger partial charge >= 0.3 is 5.97 Å². The normalized spacial score (nSPS) is 39.6. The summed E-state index contributed by atoms with van der Waals surface area (Å²) in [5.41, 5.74) is 0. The molecule has 0 aliphatic carbocycles. The average molecular weight is 172 g/mol. The first-order chi connectivity index (χ1) is 5.77. The first kappa shape index (κ1) is 8.01. The molecule has 2 saturated heterocycles. The van der Waals surface area contributed by atoms with Gasteiger partial charge in [-0.25, -0.2) is 0 Å². The van der Waals surface area contributed by atoms with Crippen molar-refractivity contribution < 1.29 is 19.0 Å². The zero-order chi connectivity index (χ0) is 8.55. The van der Waals surface area contributed by atoms with E-state index < -0.39 is 0 Å². The van der Waals surface area contributed by atoms with Crippen molar-refractivity contribution in [2.75, 3.05) is 13.2 Å². The number of esters is 1. The Morgan fingerprint density at radius 3 is 3.08 bits per heavy atom. The van der Waals surface area contributed by atoms with E-state index in [1.54, 1.807) is 0 Å². The highest BCUT2D eigenvalue weighted by molar-refractivity contribution is 5.66. The number of hydrogen-bond acceptors (Lipinski definition) is 4. The number of fused-ring (bicyclic) bond motifs is 1. The number of rotatable bonds is 1. The molecule has 0 aromatic heterocycles. The van der Waals surface area contributed by atoms with Crippen molar-refractivity contribution in [2.45, 2.75) is 25.7 Å². The second-order valence-electron chi connectivity index (χ2n) is 3.17. The van der Waals surface area contributed by atoms with Crippen molar-refractivity contribution in [1.29, 1.82) is 0 Å². The summed E-state index contributed by atoms with van der Waals surface area (Å²) < 4.78 is 15.6. The minimum Gasteiger partial charge on any atom is -0.460 e. The van der Waals surface area contributed by atoms with Crippen molar-refractivity contribution in [2.24, 2.45) is 5.92 Å². The van der Waals surface area contributed by atoms with Gasteiger partial charge in [0.05, 0.1) is 19.1 Å². The second kappa shape index (κ2) is 3.03. The van der Waals surface area contributed by atoms with E-state index in [4.69, 9.17) is 14.2 Å². The van der Waals surface area contributed by atoms with Gasteiger partial charge in [0.1, 0.15) is 6.10 Å². The Kier molecular flexibility index (Phi) is 2.02. The molecule has 68 valence electrons. The van der Waals surface area contributed by atoms with Gasteiger partial charge < -0.3 is 14.2 Å². The Bertz CT molecular complexity index is 191. The van der Waals surface area contributed by atoms with Crippen LogP contribution in [0.1, 0.15) is 13.3 Å². The minimum absolute atomic E-state index is 0.0880. The molecule has 4 heteroatoms. The predicted molar refractivity (Wildman–Crippen MR) is 39.4 cm³/mol. The summed E-state index contributed by atoms with van der Waals surface area (Å²) in [6, 6.07) is 0. The van der Waals surface area contributed by atoms with Crippen LogP contribution in [-0.4, -0.2) is 31.6 Å². The van der Waals surface area contributed by atoms with Crippen LogP contribution in [0.4, 0.5) is 0 Å². The molecule has 0 bridgehead atoms. The number of carbonyl (C=O) groups is 1. The lowest BCUT2D eigenvalue weighted by Crippen LogP contribution is -2.25. The standard InChI is InChI=1S/C8H12O4/c1-5(9)12-7-4-11-8-6(7)2-3-10-8/h6-8H,2-4H2,1H3/t6-,7-,8?/m0/s1. The third kappa shape index (κ3) is 1.32. The van der Waals surface area contributed by atoms with E-state index in [1.165, 1.54) is 6.92 Å². The van der Waals surface area contributed by atoms with E-state index in [2.05, 4.69) is 0 Å². The highest BCUT2D eigenvalue weighted by Crippen LogP contribution is 2.32. The van der Waals surface area contributed by atoms with Gasteiger partial charge in [-0.15, -0.1) is 0 Å². The molecule has 2 heterocycles. The first-order valence-corrected chi connectivity index (χ1v) is 4.18. The lowest BCUT2D eigenvalue weighted by Gasteiger charge is -2.13. The molecule has 2 aliphatic heterocycles. The second-order valence-corrected chi connectivity index (χ2v) is 3.17. The molecular weight excluding hydrogens is 160 g/mol. The Morgan fingerprint density at radius 2 is 2.33 bits per heavy atom. The van der Waals surface area contributed by atoms with E-state index in [1.807, 2.05) is 0 Å². The van der Waals surface area contributed by atoms with Crippen LogP contribution in [0.5, 0.6) is 0 Å². The van der Waals surface area contributed by atoms with Gasteiger partial charge in [-0.1, -0.05) is 0 Å². The van der Waals surface area contributed by atoms with Crippen LogP contribution in [0.25, 0.3) is 0 Å². The van der Waals surface area contributed by atoms with Gasteiger partial charge in [0.15, 0.2) is 6.29 Å². The minimum atomic E-state index is -0.240. The SMILES string of the molecule is CC(=O)O[C@H]1COC2OCC[C@H]21. The molecule has 0 N–H and O–H groups in total. The summed E-state index contributed by atoms with van der Waals surface area (Å²) in [7, 11) is 0. The number of ether oxygens (including phenoxy) is 3. The van der Waals surface area contributed by atoms with Crippen LogP contribution in [0.2, 0.25) is 0 Å².